The van der Waals surface area contributed by atoms with Gasteiger partial charge in [-0.3, -0.25) is 0 Å². The van der Waals surface area contributed by atoms with E-state index in [2.05, 4.69) is 239 Å². The van der Waals surface area contributed by atoms with Crippen molar-refractivity contribution < 1.29 is 4.42 Å². The summed E-state index contributed by atoms with van der Waals surface area (Å²) in [6.45, 7) is 13.7. The fraction of sp³-hybridized carbons (Fsp3) is 0.129. The third-order valence-corrected chi connectivity index (χ3v) is 13.9. The van der Waals surface area contributed by atoms with Crippen LogP contribution < -0.4 is 16.2 Å². The Hall–Kier alpha value is -7.56. The lowest BCUT2D eigenvalue weighted by atomic mass is 9.58. The van der Waals surface area contributed by atoms with Gasteiger partial charge in [0, 0.05) is 60.8 Å². The van der Waals surface area contributed by atoms with Gasteiger partial charge in [-0.05, 0) is 91.5 Å². The molecule has 12 rings (SSSR count). The van der Waals surface area contributed by atoms with Crippen LogP contribution in [0, 0.1) is 0 Å². The zero-order valence-corrected chi connectivity index (χ0v) is 38.5. The second-order valence-electron chi connectivity index (χ2n) is 20.2. The number of aromatic nitrogens is 1. The van der Waals surface area contributed by atoms with Crippen LogP contribution in [-0.2, 0) is 10.8 Å². The van der Waals surface area contributed by atoms with E-state index >= 15 is 0 Å². The monoisotopic (exact) mass is 850 g/mol. The van der Waals surface area contributed by atoms with E-state index in [9.17, 15) is 0 Å². The van der Waals surface area contributed by atoms with E-state index in [0.717, 1.165) is 52.1 Å². The molecule has 318 valence electrons. The SMILES string of the molecule is CC(C)(C)c1ccc(Nc2ccccc2-c2cc(-c3ccc(C(C)(C)C)cc3)c3c4ccc5ccccc5c4n4c3c2Bc2cc3oc(-c5ccccc5)c(-c5ccccc5)c3cc2-4)cc1. The molecule has 0 bridgehead atoms. The molecule has 0 radical (unpaired) electrons. The summed E-state index contributed by atoms with van der Waals surface area (Å²) in [6.07, 6.45) is 0. The zero-order chi connectivity index (χ0) is 44.9. The number of nitrogens with zero attached hydrogens (tertiary/aromatic N) is 1. The Morgan fingerprint density at radius 2 is 1.12 bits per heavy atom. The van der Waals surface area contributed by atoms with E-state index in [-0.39, 0.29) is 10.8 Å². The normalized spacial score (nSPS) is 12.5. The predicted molar refractivity (Wildman–Crippen MR) is 283 cm³/mol. The van der Waals surface area contributed by atoms with Crippen LogP contribution in [0.5, 0.6) is 0 Å². The first-order chi connectivity index (χ1) is 32.0. The maximum atomic E-state index is 7.03. The van der Waals surface area contributed by atoms with Crippen molar-refractivity contribution in [2.24, 2.45) is 0 Å². The minimum Gasteiger partial charge on any atom is -0.455 e. The molecular weight excluding hydrogens is 800 g/mol. The highest BCUT2D eigenvalue weighted by Gasteiger charge is 2.31. The maximum Gasteiger partial charge on any atom is 0.198 e. The lowest BCUT2D eigenvalue weighted by Crippen LogP contribution is -2.37. The van der Waals surface area contributed by atoms with Crippen LogP contribution >= 0.6 is 0 Å². The average molecular weight is 851 g/mol. The van der Waals surface area contributed by atoms with E-state index in [1.807, 2.05) is 0 Å². The Bertz CT molecular complexity index is 3680. The minimum atomic E-state index is 0.0371. The molecule has 2 aromatic heterocycles. The van der Waals surface area contributed by atoms with Gasteiger partial charge >= 0.3 is 0 Å². The van der Waals surface area contributed by atoms with E-state index in [1.165, 1.54) is 82.6 Å². The first-order valence-corrected chi connectivity index (χ1v) is 23.3. The molecule has 1 aliphatic heterocycles. The summed E-state index contributed by atoms with van der Waals surface area (Å²) < 4.78 is 9.64. The number of para-hydroxylation sites is 1. The van der Waals surface area contributed by atoms with Crippen molar-refractivity contribution >= 4 is 73.1 Å². The molecule has 1 N–H and O–H groups in total. The molecule has 9 aromatic carbocycles. The summed E-state index contributed by atoms with van der Waals surface area (Å²) in [5.74, 6) is 0.891. The first kappa shape index (κ1) is 40.0. The number of furan rings is 1. The Morgan fingerprint density at radius 1 is 0.485 bits per heavy atom. The van der Waals surface area contributed by atoms with Crippen molar-refractivity contribution in [3.63, 3.8) is 0 Å². The van der Waals surface area contributed by atoms with Gasteiger partial charge in [0.25, 0.3) is 0 Å². The summed E-state index contributed by atoms with van der Waals surface area (Å²) >= 11 is 0. The van der Waals surface area contributed by atoms with E-state index in [0.29, 0.717) is 0 Å². The van der Waals surface area contributed by atoms with Gasteiger partial charge in [0.15, 0.2) is 7.28 Å². The molecule has 1 aliphatic rings. The summed E-state index contributed by atoms with van der Waals surface area (Å²) in [5, 5.41) is 9.99. The van der Waals surface area contributed by atoms with Crippen molar-refractivity contribution in [3.05, 3.63) is 199 Å². The molecule has 0 atom stereocenters. The van der Waals surface area contributed by atoms with Crippen LogP contribution in [-0.4, -0.2) is 11.8 Å². The molecule has 0 aliphatic carbocycles. The quantitative estimate of drug-likeness (QED) is 0.169. The molecule has 0 spiro atoms. The largest absolute Gasteiger partial charge is 0.455 e. The molecular formula is C62H51BN2O. The number of hydrogen-bond donors (Lipinski definition) is 1. The molecule has 11 aromatic rings. The molecule has 0 unspecified atom stereocenters. The lowest BCUT2D eigenvalue weighted by molar-refractivity contribution is 0.590. The number of nitrogens with one attached hydrogen (secondary N) is 1. The number of hydrogen-bond acceptors (Lipinski definition) is 2. The maximum absolute atomic E-state index is 7.03. The Morgan fingerprint density at radius 3 is 1.83 bits per heavy atom. The van der Waals surface area contributed by atoms with Crippen LogP contribution in [0.2, 0.25) is 0 Å². The second kappa shape index (κ2) is 15.0. The van der Waals surface area contributed by atoms with Crippen molar-refractivity contribution in [1.29, 1.82) is 0 Å². The van der Waals surface area contributed by atoms with Gasteiger partial charge in [-0.15, -0.1) is 0 Å². The number of rotatable bonds is 6. The Balaban J connectivity index is 1.19. The summed E-state index contributed by atoms with van der Waals surface area (Å²) in [6, 6.07) is 69.2. The van der Waals surface area contributed by atoms with Gasteiger partial charge < -0.3 is 14.3 Å². The second-order valence-corrected chi connectivity index (χ2v) is 20.2. The highest BCUT2D eigenvalue weighted by Crippen LogP contribution is 2.47. The molecule has 0 saturated heterocycles. The molecule has 0 fully saturated rings. The molecule has 66 heavy (non-hydrogen) atoms. The third kappa shape index (κ3) is 6.50. The van der Waals surface area contributed by atoms with Gasteiger partial charge in [-0.25, -0.2) is 0 Å². The molecule has 3 nitrogen and oxygen atoms in total. The van der Waals surface area contributed by atoms with E-state index < -0.39 is 0 Å². The van der Waals surface area contributed by atoms with Gasteiger partial charge in [0.05, 0.1) is 5.52 Å². The average Bonchev–Trinajstić information content (AvgIpc) is 3.89. The topological polar surface area (TPSA) is 30.1 Å². The summed E-state index contributed by atoms with van der Waals surface area (Å²) in [7, 11) is 0.741. The minimum absolute atomic E-state index is 0.0371. The smallest absolute Gasteiger partial charge is 0.198 e. The third-order valence-electron chi connectivity index (χ3n) is 13.9. The first-order valence-electron chi connectivity index (χ1n) is 23.3. The molecule has 4 heteroatoms. The predicted octanol–water partition coefficient (Wildman–Crippen LogP) is 15.4. The van der Waals surface area contributed by atoms with Crippen LogP contribution in [0.15, 0.2) is 192 Å². The van der Waals surface area contributed by atoms with E-state index in [4.69, 9.17) is 4.42 Å². The fourth-order valence-corrected chi connectivity index (χ4v) is 10.5. The molecule has 0 amide bonds. The Labute approximate surface area is 387 Å². The van der Waals surface area contributed by atoms with Crippen LogP contribution in [0.25, 0.3) is 93.9 Å². The fourth-order valence-electron chi connectivity index (χ4n) is 10.5. The van der Waals surface area contributed by atoms with Crippen LogP contribution in [0.3, 0.4) is 0 Å². The van der Waals surface area contributed by atoms with Gasteiger partial charge in [-0.1, -0.05) is 199 Å². The van der Waals surface area contributed by atoms with Gasteiger partial charge in [0.2, 0.25) is 0 Å². The Kier molecular flexibility index (Phi) is 9.09. The van der Waals surface area contributed by atoms with Gasteiger partial charge in [0.1, 0.15) is 11.3 Å². The number of fused-ring (bicyclic) bond motifs is 8. The van der Waals surface area contributed by atoms with Crippen molar-refractivity contribution in [3.8, 4) is 50.4 Å². The van der Waals surface area contributed by atoms with Crippen molar-refractivity contribution in [2.75, 3.05) is 5.32 Å². The number of anilines is 2. The summed E-state index contributed by atoms with van der Waals surface area (Å²) in [5.41, 5.74) is 20.2. The molecule has 0 saturated carbocycles. The van der Waals surface area contributed by atoms with Gasteiger partial charge in [-0.2, -0.15) is 0 Å². The highest BCUT2D eigenvalue weighted by atomic mass is 16.3. The van der Waals surface area contributed by atoms with Crippen molar-refractivity contribution in [1.82, 2.24) is 4.57 Å². The van der Waals surface area contributed by atoms with Crippen LogP contribution in [0.1, 0.15) is 52.7 Å². The summed E-state index contributed by atoms with van der Waals surface area (Å²) in [4.78, 5) is 0. The molecule has 3 heterocycles. The highest BCUT2D eigenvalue weighted by molar-refractivity contribution is 6.74. The van der Waals surface area contributed by atoms with Crippen LogP contribution in [0.4, 0.5) is 11.4 Å². The lowest BCUT2D eigenvalue weighted by Gasteiger charge is -2.25. The van der Waals surface area contributed by atoms with Crippen molar-refractivity contribution in [2.45, 2.75) is 52.4 Å². The van der Waals surface area contributed by atoms with E-state index in [1.54, 1.807) is 0 Å². The zero-order valence-electron chi connectivity index (χ0n) is 38.5. The standard InChI is InChI=1S/C62H51BN2O/c1-61(2,3)42-28-25-39(26-29-42)48-35-49(46-23-15-16-24-52(46)64-44-32-30-43(31-33-44)62(4,5)6)57-59-56(48)47-34-27-38-17-13-14-22-45(38)58(47)65(59)53-36-50-54(37-51(53)63-57)66-60(41-20-11-8-12-21-41)55(50)40-18-9-7-10-19-40/h7-37,63-64H,1-6H3. The number of benzene rings is 9.